The fraction of sp³-hybridized carbons (Fsp3) is 0.160. The third-order valence-electron chi connectivity index (χ3n) is 5.77. The van der Waals surface area contributed by atoms with Crippen LogP contribution in [0.2, 0.25) is 0 Å². The molecule has 4 aromatic rings. The molecule has 1 aliphatic heterocycles. The number of nitrogens with one attached hydrogen (secondary N) is 1. The number of phenols is 1. The van der Waals surface area contributed by atoms with Gasteiger partial charge in [-0.1, -0.05) is 23.4 Å². The van der Waals surface area contributed by atoms with E-state index in [1.54, 1.807) is 43.3 Å². The lowest BCUT2D eigenvalue weighted by Crippen LogP contribution is -2.45. The molecule has 10 heteroatoms. The van der Waals surface area contributed by atoms with Crippen molar-refractivity contribution in [2.75, 3.05) is 7.11 Å². The number of hydrogen-bond donors (Lipinski definition) is 2. The Balaban J connectivity index is 1.61. The molecule has 1 atom stereocenters. The maximum absolute atomic E-state index is 13.7. The van der Waals surface area contributed by atoms with Crippen LogP contribution in [0.4, 0.5) is 9.18 Å². The summed E-state index contributed by atoms with van der Waals surface area (Å²) in [4.78, 5) is 19.1. The Kier molecular flexibility index (Phi) is 5.69. The van der Waals surface area contributed by atoms with Crippen molar-refractivity contribution in [3.8, 4) is 22.9 Å². The van der Waals surface area contributed by atoms with Gasteiger partial charge in [0.2, 0.25) is 5.82 Å². The molecule has 0 fully saturated rings. The molecule has 0 saturated carbocycles. The van der Waals surface area contributed by atoms with Crippen molar-refractivity contribution in [3.63, 3.8) is 0 Å². The summed E-state index contributed by atoms with van der Waals surface area (Å²) in [5.41, 5.74) is 2.11. The van der Waals surface area contributed by atoms with Gasteiger partial charge in [0, 0.05) is 11.3 Å². The van der Waals surface area contributed by atoms with Crippen LogP contribution in [0.5, 0.6) is 11.5 Å². The van der Waals surface area contributed by atoms with Crippen molar-refractivity contribution < 1.29 is 28.0 Å². The predicted molar refractivity (Wildman–Crippen MR) is 122 cm³/mol. The second-order valence-corrected chi connectivity index (χ2v) is 7.91. The number of aromatic hydroxyl groups is 1. The smallest absolute Gasteiger partial charge is 0.322 e. The highest BCUT2D eigenvalue weighted by Gasteiger charge is 2.36. The number of allylic oxidation sites excluding steroid dienone is 1. The zero-order valence-corrected chi connectivity index (χ0v) is 18.9. The Morgan fingerprint density at radius 3 is 2.77 bits per heavy atom. The number of carbonyl (C=O) groups excluding carboxylic acids is 1. The molecule has 1 unspecified atom stereocenters. The van der Waals surface area contributed by atoms with Crippen LogP contribution >= 0.6 is 0 Å². The summed E-state index contributed by atoms with van der Waals surface area (Å²) in [6, 6.07) is 13.1. The highest BCUT2D eigenvalue weighted by Crippen LogP contribution is 2.40. The molecule has 5 rings (SSSR count). The zero-order chi connectivity index (χ0) is 24.5. The van der Waals surface area contributed by atoms with E-state index in [1.165, 1.54) is 36.5 Å². The number of aromatic nitrogens is 2. The van der Waals surface area contributed by atoms with Crippen molar-refractivity contribution >= 4 is 11.6 Å². The molecular weight excluding hydrogens is 455 g/mol. The average molecular weight is 476 g/mol. The molecule has 0 saturated heterocycles. The second-order valence-electron chi connectivity index (χ2n) is 7.91. The minimum absolute atomic E-state index is 0.0831. The SMILES string of the molecule is COc1ccc(C2NC(=O)N(Cc3ccco3)C(C)=C2c2nc(-c3cccc(F)c3)no2)cc1O. The van der Waals surface area contributed by atoms with Crippen LogP contribution in [0.1, 0.15) is 30.2 Å². The minimum atomic E-state index is -0.715. The highest BCUT2D eigenvalue weighted by molar-refractivity contribution is 5.87. The lowest BCUT2D eigenvalue weighted by atomic mass is 9.94. The summed E-state index contributed by atoms with van der Waals surface area (Å²) in [6.07, 6.45) is 1.53. The fourth-order valence-electron chi connectivity index (χ4n) is 4.02. The van der Waals surface area contributed by atoms with Gasteiger partial charge in [0.25, 0.3) is 5.89 Å². The number of phenolic OH excluding ortho intramolecular Hbond substituents is 1. The van der Waals surface area contributed by atoms with E-state index in [1.807, 2.05) is 0 Å². The molecule has 0 spiro atoms. The zero-order valence-electron chi connectivity index (χ0n) is 18.9. The first kappa shape index (κ1) is 22.2. The molecule has 178 valence electrons. The van der Waals surface area contributed by atoms with E-state index in [-0.39, 0.29) is 30.0 Å². The lowest BCUT2D eigenvalue weighted by molar-refractivity contribution is 0.199. The molecule has 0 radical (unpaired) electrons. The first-order valence-corrected chi connectivity index (χ1v) is 10.7. The summed E-state index contributed by atoms with van der Waals surface area (Å²) in [7, 11) is 1.45. The summed E-state index contributed by atoms with van der Waals surface area (Å²) < 4.78 is 29.9. The van der Waals surface area contributed by atoms with Crippen molar-refractivity contribution in [2.24, 2.45) is 0 Å². The Morgan fingerprint density at radius 1 is 1.20 bits per heavy atom. The van der Waals surface area contributed by atoms with Gasteiger partial charge in [-0.3, -0.25) is 4.90 Å². The Hall–Kier alpha value is -4.60. The van der Waals surface area contributed by atoms with E-state index < -0.39 is 11.9 Å². The first-order valence-electron chi connectivity index (χ1n) is 10.7. The van der Waals surface area contributed by atoms with Gasteiger partial charge >= 0.3 is 6.03 Å². The molecule has 2 aromatic carbocycles. The molecule has 9 nitrogen and oxygen atoms in total. The Bertz CT molecular complexity index is 1410. The number of hydrogen-bond acceptors (Lipinski definition) is 7. The number of amides is 2. The second kappa shape index (κ2) is 8.98. The number of rotatable bonds is 6. The normalized spacial score (nSPS) is 15.9. The van der Waals surface area contributed by atoms with Gasteiger partial charge in [0.1, 0.15) is 11.6 Å². The van der Waals surface area contributed by atoms with Gasteiger partial charge in [-0.25, -0.2) is 9.18 Å². The van der Waals surface area contributed by atoms with E-state index in [4.69, 9.17) is 13.7 Å². The van der Waals surface area contributed by atoms with Gasteiger partial charge in [-0.05, 0) is 48.9 Å². The molecule has 0 bridgehead atoms. The van der Waals surface area contributed by atoms with E-state index in [2.05, 4.69) is 15.5 Å². The number of urea groups is 1. The molecule has 2 amide bonds. The van der Waals surface area contributed by atoms with Crippen LogP contribution in [0.3, 0.4) is 0 Å². The van der Waals surface area contributed by atoms with E-state index in [9.17, 15) is 14.3 Å². The monoisotopic (exact) mass is 476 g/mol. The molecule has 2 aromatic heterocycles. The average Bonchev–Trinajstić information content (AvgIpc) is 3.54. The van der Waals surface area contributed by atoms with Gasteiger partial charge < -0.3 is 24.1 Å². The number of methoxy groups -OCH3 is 1. The molecule has 0 aliphatic carbocycles. The topological polar surface area (TPSA) is 114 Å². The summed E-state index contributed by atoms with van der Waals surface area (Å²) in [6.45, 7) is 1.94. The largest absolute Gasteiger partial charge is 0.504 e. The summed E-state index contributed by atoms with van der Waals surface area (Å²) in [5.74, 6) is 0.719. The van der Waals surface area contributed by atoms with Crippen LogP contribution in [0, 0.1) is 5.82 Å². The van der Waals surface area contributed by atoms with Gasteiger partial charge in [0.15, 0.2) is 11.5 Å². The number of halogens is 1. The maximum atomic E-state index is 13.7. The minimum Gasteiger partial charge on any atom is -0.504 e. The quantitative estimate of drug-likeness (QED) is 0.408. The van der Waals surface area contributed by atoms with Crippen LogP contribution in [-0.4, -0.2) is 33.3 Å². The maximum Gasteiger partial charge on any atom is 0.322 e. The number of benzene rings is 2. The number of carbonyl (C=O) groups is 1. The molecular formula is C25H21FN4O5. The van der Waals surface area contributed by atoms with Crippen molar-refractivity contribution in [3.05, 3.63) is 89.6 Å². The fourth-order valence-corrected chi connectivity index (χ4v) is 4.02. The number of nitrogens with zero attached hydrogens (tertiary/aromatic N) is 3. The van der Waals surface area contributed by atoms with E-state index in [0.29, 0.717) is 33.9 Å². The molecule has 2 N–H and O–H groups in total. The lowest BCUT2D eigenvalue weighted by Gasteiger charge is -2.34. The third-order valence-corrected chi connectivity index (χ3v) is 5.77. The van der Waals surface area contributed by atoms with E-state index in [0.717, 1.165) is 0 Å². The number of ether oxygens (including phenoxy) is 1. The third kappa shape index (κ3) is 4.21. The van der Waals surface area contributed by atoms with Gasteiger partial charge in [-0.2, -0.15) is 4.98 Å². The standard InChI is InChI=1S/C25H21FN4O5/c1-14-21(24-28-23(29-35-24)16-5-3-6-17(26)11-16)22(15-8-9-20(33-2)19(31)12-15)27-25(32)30(14)13-18-7-4-10-34-18/h3-12,22,31H,13H2,1-2H3,(H,27,32). The van der Waals surface area contributed by atoms with E-state index >= 15 is 0 Å². The molecule has 3 heterocycles. The van der Waals surface area contributed by atoms with Crippen molar-refractivity contribution in [1.82, 2.24) is 20.4 Å². The molecule has 35 heavy (non-hydrogen) atoms. The first-order chi connectivity index (χ1) is 16.9. The Morgan fingerprint density at radius 2 is 2.06 bits per heavy atom. The number of furan rings is 1. The van der Waals surface area contributed by atoms with Crippen LogP contribution in [0.15, 0.2) is 75.5 Å². The highest BCUT2D eigenvalue weighted by atomic mass is 19.1. The summed E-state index contributed by atoms with van der Waals surface area (Å²) in [5, 5.41) is 17.3. The van der Waals surface area contributed by atoms with Crippen molar-refractivity contribution in [1.29, 1.82) is 0 Å². The predicted octanol–water partition coefficient (Wildman–Crippen LogP) is 4.88. The van der Waals surface area contributed by atoms with Gasteiger partial charge in [0.05, 0.1) is 31.5 Å². The summed E-state index contributed by atoms with van der Waals surface area (Å²) >= 11 is 0. The molecule has 1 aliphatic rings. The van der Waals surface area contributed by atoms with Crippen LogP contribution in [-0.2, 0) is 6.54 Å². The Labute approximate surface area is 199 Å². The van der Waals surface area contributed by atoms with Gasteiger partial charge in [-0.15, -0.1) is 0 Å². The van der Waals surface area contributed by atoms with Crippen LogP contribution < -0.4 is 10.1 Å². The van der Waals surface area contributed by atoms with Crippen LogP contribution in [0.25, 0.3) is 17.0 Å². The van der Waals surface area contributed by atoms with Crippen molar-refractivity contribution in [2.45, 2.75) is 19.5 Å².